The molecular formula is C16H21ClO4. The molecule has 1 aromatic carbocycles. The summed E-state index contributed by atoms with van der Waals surface area (Å²) in [6, 6.07) is 4.14. The monoisotopic (exact) mass is 312 g/mol. The molecule has 1 aromatic rings. The molecule has 1 rings (SSSR count). The molecule has 1 unspecified atom stereocenters. The average Bonchev–Trinajstić information content (AvgIpc) is 2.42. The maximum Gasteiger partial charge on any atom is 0.339 e. The van der Waals surface area contributed by atoms with Gasteiger partial charge in [-0.2, -0.15) is 0 Å². The van der Waals surface area contributed by atoms with Crippen LogP contribution in [-0.4, -0.2) is 23.1 Å². The fourth-order valence-electron chi connectivity index (χ4n) is 2.01. The molecule has 0 aromatic heterocycles. The Morgan fingerprint density at radius 2 is 1.95 bits per heavy atom. The summed E-state index contributed by atoms with van der Waals surface area (Å²) in [4.78, 5) is 23.4. The quantitative estimate of drug-likeness (QED) is 0.757. The largest absolute Gasteiger partial charge is 0.478 e. The van der Waals surface area contributed by atoms with E-state index in [2.05, 4.69) is 6.92 Å². The van der Waals surface area contributed by atoms with E-state index < -0.39 is 11.9 Å². The molecule has 4 nitrogen and oxygen atoms in total. The van der Waals surface area contributed by atoms with Crippen LogP contribution in [0.1, 0.15) is 60.7 Å². The first kappa shape index (κ1) is 17.5. The molecule has 0 heterocycles. The topological polar surface area (TPSA) is 63.6 Å². The van der Waals surface area contributed by atoms with E-state index in [1.54, 1.807) is 0 Å². The minimum Gasteiger partial charge on any atom is -0.478 e. The molecule has 21 heavy (non-hydrogen) atoms. The smallest absolute Gasteiger partial charge is 0.339 e. The Bertz CT molecular complexity index is 511. The standard InChI is InChI=1S/C16H21ClO4/c1-4-5-6-14(10(2)3)21-16(20)12-8-7-11(17)9-13(12)15(18)19/h7-10,14H,4-6H2,1-3H3,(H,18,19). The molecule has 0 aliphatic rings. The van der Waals surface area contributed by atoms with Crippen LogP contribution in [0.3, 0.4) is 0 Å². The van der Waals surface area contributed by atoms with Gasteiger partial charge in [0.1, 0.15) is 6.10 Å². The normalized spacial score (nSPS) is 12.2. The first-order valence-electron chi connectivity index (χ1n) is 7.10. The summed E-state index contributed by atoms with van der Waals surface area (Å²) in [5.41, 5.74) is -0.0976. The first-order valence-corrected chi connectivity index (χ1v) is 7.48. The van der Waals surface area contributed by atoms with Crippen LogP contribution < -0.4 is 0 Å². The molecular weight excluding hydrogens is 292 g/mol. The lowest BCUT2D eigenvalue weighted by atomic mass is 10.0. The number of hydrogen-bond acceptors (Lipinski definition) is 3. The molecule has 0 bridgehead atoms. The summed E-state index contributed by atoms with van der Waals surface area (Å²) in [5.74, 6) is -1.63. The zero-order valence-corrected chi connectivity index (χ0v) is 13.3. The summed E-state index contributed by atoms with van der Waals surface area (Å²) in [6.07, 6.45) is 2.54. The molecule has 0 aliphatic heterocycles. The van der Waals surface area contributed by atoms with Crippen LogP contribution in [0.4, 0.5) is 0 Å². The average molecular weight is 313 g/mol. The second-order valence-corrected chi connectivity index (χ2v) is 5.76. The zero-order valence-electron chi connectivity index (χ0n) is 12.6. The molecule has 1 atom stereocenters. The minimum atomic E-state index is -1.20. The highest BCUT2D eigenvalue weighted by molar-refractivity contribution is 6.31. The van der Waals surface area contributed by atoms with Crippen LogP contribution in [0.5, 0.6) is 0 Å². The van der Waals surface area contributed by atoms with Gasteiger partial charge in [-0.1, -0.05) is 45.2 Å². The summed E-state index contributed by atoms with van der Waals surface area (Å²) in [7, 11) is 0. The number of rotatable bonds is 7. The highest BCUT2D eigenvalue weighted by Gasteiger charge is 2.23. The van der Waals surface area contributed by atoms with Gasteiger partial charge in [0.25, 0.3) is 0 Å². The lowest BCUT2D eigenvalue weighted by Gasteiger charge is -2.21. The second kappa shape index (κ2) is 8.03. The molecule has 0 saturated heterocycles. The van der Waals surface area contributed by atoms with Crippen molar-refractivity contribution in [3.05, 3.63) is 34.3 Å². The van der Waals surface area contributed by atoms with Crippen molar-refractivity contribution >= 4 is 23.5 Å². The van der Waals surface area contributed by atoms with Gasteiger partial charge in [-0.05, 0) is 30.5 Å². The maximum absolute atomic E-state index is 12.2. The third-order valence-electron chi connectivity index (χ3n) is 3.28. The summed E-state index contributed by atoms with van der Waals surface area (Å²) in [5, 5.41) is 9.43. The Kier molecular flexibility index (Phi) is 6.69. The van der Waals surface area contributed by atoms with Gasteiger partial charge in [0.05, 0.1) is 11.1 Å². The number of carboxylic acids is 1. The highest BCUT2D eigenvalue weighted by Crippen LogP contribution is 2.21. The highest BCUT2D eigenvalue weighted by atomic mass is 35.5. The van der Waals surface area contributed by atoms with E-state index in [9.17, 15) is 9.59 Å². The number of benzene rings is 1. The van der Waals surface area contributed by atoms with Crippen molar-refractivity contribution in [1.29, 1.82) is 0 Å². The Morgan fingerprint density at radius 3 is 2.48 bits per heavy atom. The van der Waals surface area contributed by atoms with Gasteiger partial charge < -0.3 is 9.84 Å². The maximum atomic E-state index is 12.2. The summed E-state index contributed by atoms with van der Waals surface area (Å²) in [6.45, 7) is 6.03. The number of hydrogen-bond donors (Lipinski definition) is 1. The predicted molar refractivity (Wildman–Crippen MR) is 82.0 cm³/mol. The first-order chi connectivity index (χ1) is 9.86. The van der Waals surface area contributed by atoms with Crippen molar-refractivity contribution in [2.45, 2.75) is 46.1 Å². The molecule has 0 fully saturated rings. The number of esters is 1. The van der Waals surface area contributed by atoms with Crippen LogP contribution in [0.2, 0.25) is 5.02 Å². The number of ether oxygens (including phenoxy) is 1. The van der Waals surface area contributed by atoms with E-state index in [0.717, 1.165) is 19.3 Å². The molecule has 0 saturated carbocycles. The lowest BCUT2D eigenvalue weighted by molar-refractivity contribution is 0.0149. The van der Waals surface area contributed by atoms with Crippen LogP contribution in [0, 0.1) is 5.92 Å². The number of carbonyl (C=O) groups is 2. The minimum absolute atomic E-state index is 0.0362. The second-order valence-electron chi connectivity index (χ2n) is 5.33. The lowest BCUT2D eigenvalue weighted by Crippen LogP contribution is -2.24. The third-order valence-corrected chi connectivity index (χ3v) is 3.51. The van der Waals surface area contributed by atoms with E-state index in [0.29, 0.717) is 0 Å². The number of carbonyl (C=O) groups excluding carboxylic acids is 1. The van der Waals surface area contributed by atoms with Gasteiger partial charge in [0.2, 0.25) is 0 Å². The van der Waals surface area contributed by atoms with Gasteiger partial charge in [-0.15, -0.1) is 0 Å². The van der Waals surface area contributed by atoms with E-state index >= 15 is 0 Å². The molecule has 0 amide bonds. The van der Waals surface area contributed by atoms with Crippen LogP contribution in [0.15, 0.2) is 18.2 Å². The third kappa shape index (κ3) is 5.05. The van der Waals surface area contributed by atoms with E-state index in [4.69, 9.17) is 21.4 Å². The molecule has 0 aliphatic carbocycles. The van der Waals surface area contributed by atoms with Gasteiger partial charge >= 0.3 is 11.9 Å². The van der Waals surface area contributed by atoms with E-state index in [-0.39, 0.29) is 28.2 Å². The number of carboxylic acid groups (broad SMARTS) is 1. The number of aromatic carboxylic acids is 1. The Labute approximate surface area is 130 Å². The van der Waals surface area contributed by atoms with Crippen molar-refractivity contribution in [1.82, 2.24) is 0 Å². The summed E-state index contributed by atoms with van der Waals surface area (Å²) >= 11 is 5.77. The van der Waals surface area contributed by atoms with Crippen LogP contribution in [-0.2, 0) is 4.74 Å². The number of unbranched alkanes of at least 4 members (excludes halogenated alkanes) is 1. The SMILES string of the molecule is CCCCC(OC(=O)c1ccc(Cl)cc1C(=O)O)C(C)C. The predicted octanol–water partition coefficient (Wildman–Crippen LogP) is 4.41. The molecule has 0 radical (unpaired) electrons. The van der Waals surface area contributed by atoms with Crippen LogP contribution in [0.25, 0.3) is 0 Å². The molecule has 116 valence electrons. The van der Waals surface area contributed by atoms with Gasteiger partial charge in [0.15, 0.2) is 0 Å². The van der Waals surface area contributed by atoms with Crippen molar-refractivity contribution < 1.29 is 19.4 Å². The van der Waals surface area contributed by atoms with Crippen LogP contribution >= 0.6 is 11.6 Å². The molecule has 5 heteroatoms. The Hall–Kier alpha value is -1.55. The Morgan fingerprint density at radius 1 is 1.29 bits per heavy atom. The Balaban J connectivity index is 2.94. The van der Waals surface area contributed by atoms with Crippen molar-refractivity contribution in [3.8, 4) is 0 Å². The van der Waals surface area contributed by atoms with E-state index in [1.165, 1.54) is 18.2 Å². The zero-order chi connectivity index (χ0) is 16.0. The molecule has 1 N–H and O–H groups in total. The van der Waals surface area contributed by atoms with Crippen molar-refractivity contribution in [3.63, 3.8) is 0 Å². The van der Waals surface area contributed by atoms with Gasteiger partial charge in [-0.3, -0.25) is 0 Å². The molecule has 0 spiro atoms. The fraction of sp³-hybridized carbons (Fsp3) is 0.500. The number of halogens is 1. The van der Waals surface area contributed by atoms with E-state index in [1.807, 2.05) is 13.8 Å². The summed E-state index contributed by atoms with van der Waals surface area (Å²) < 4.78 is 5.49. The van der Waals surface area contributed by atoms with Gasteiger partial charge in [-0.25, -0.2) is 9.59 Å². The van der Waals surface area contributed by atoms with Crippen molar-refractivity contribution in [2.75, 3.05) is 0 Å². The fourth-order valence-corrected chi connectivity index (χ4v) is 2.18. The van der Waals surface area contributed by atoms with Gasteiger partial charge in [0, 0.05) is 5.02 Å². The van der Waals surface area contributed by atoms with Crippen molar-refractivity contribution in [2.24, 2.45) is 5.92 Å².